The summed E-state index contributed by atoms with van der Waals surface area (Å²) in [7, 11) is 0. The molecule has 0 aromatic heterocycles. The van der Waals surface area contributed by atoms with E-state index in [2.05, 4.69) is 6.92 Å². The molecule has 3 nitrogen and oxygen atoms in total. The van der Waals surface area contributed by atoms with Gasteiger partial charge in [0.2, 0.25) is 0 Å². The van der Waals surface area contributed by atoms with Crippen LogP contribution in [0.5, 0.6) is 0 Å². The number of epoxide rings is 1. The molecule has 4 atom stereocenters. The first kappa shape index (κ1) is 9.44. The Morgan fingerprint density at radius 2 is 2.23 bits per heavy atom. The second-order valence-corrected chi connectivity index (χ2v) is 4.74. The monoisotopic (exact) mass is 184 g/mol. The topological polar surface area (TPSA) is 64.6 Å². The fraction of sp³-hybridized carbons (Fsp3) is 1.00. The zero-order chi connectivity index (χ0) is 9.47. The minimum atomic E-state index is -0.0567. The number of hydrogen-bond donors (Lipinski definition) is 2. The summed E-state index contributed by atoms with van der Waals surface area (Å²) in [5.74, 6) is 0.436. The number of hydrogen-bond acceptors (Lipinski definition) is 3. The fourth-order valence-corrected chi connectivity index (χ4v) is 2.47. The van der Waals surface area contributed by atoms with Gasteiger partial charge in [0.25, 0.3) is 0 Å². The van der Waals surface area contributed by atoms with E-state index in [-0.39, 0.29) is 11.6 Å². The molecule has 1 saturated carbocycles. The Morgan fingerprint density at radius 1 is 1.54 bits per heavy atom. The number of ether oxygens (including phenoxy) is 1. The summed E-state index contributed by atoms with van der Waals surface area (Å²) >= 11 is 0. The van der Waals surface area contributed by atoms with Crippen LogP contribution in [0.3, 0.4) is 0 Å². The van der Waals surface area contributed by atoms with Crippen molar-refractivity contribution in [3.63, 3.8) is 0 Å². The molecule has 2 fully saturated rings. The lowest BCUT2D eigenvalue weighted by Gasteiger charge is -2.42. The largest absolute Gasteiger partial charge is 0.373 e. The standard InChI is InChI=1S/C10H20N2O/c1-7-9(11)3-2-4-10(7,12)5-8-6-13-8/h7-9H,2-6,11-12H2,1H3. The highest BCUT2D eigenvalue weighted by molar-refractivity contribution is 5.00. The molecule has 13 heavy (non-hydrogen) atoms. The summed E-state index contributed by atoms with van der Waals surface area (Å²) in [5.41, 5.74) is 12.3. The van der Waals surface area contributed by atoms with E-state index < -0.39 is 0 Å². The lowest BCUT2D eigenvalue weighted by atomic mass is 9.69. The fourth-order valence-electron chi connectivity index (χ4n) is 2.47. The van der Waals surface area contributed by atoms with Crippen molar-refractivity contribution in [1.29, 1.82) is 0 Å². The van der Waals surface area contributed by atoms with Crippen molar-refractivity contribution >= 4 is 0 Å². The van der Waals surface area contributed by atoms with Gasteiger partial charge < -0.3 is 16.2 Å². The smallest absolute Gasteiger partial charge is 0.0827 e. The highest BCUT2D eigenvalue weighted by Crippen LogP contribution is 2.36. The molecule has 1 saturated heterocycles. The molecule has 1 aliphatic carbocycles. The van der Waals surface area contributed by atoms with Crippen molar-refractivity contribution in [2.75, 3.05) is 6.61 Å². The highest BCUT2D eigenvalue weighted by Gasteiger charge is 2.42. The van der Waals surface area contributed by atoms with Gasteiger partial charge in [0.05, 0.1) is 12.7 Å². The van der Waals surface area contributed by atoms with Gasteiger partial charge in [-0.3, -0.25) is 0 Å². The third kappa shape index (κ3) is 1.87. The van der Waals surface area contributed by atoms with Gasteiger partial charge in [-0.15, -0.1) is 0 Å². The molecule has 0 amide bonds. The van der Waals surface area contributed by atoms with Gasteiger partial charge in [0, 0.05) is 11.6 Å². The molecule has 0 spiro atoms. The van der Waals surface area contributed by atoms with Crippen LogP contribution in [0.15, 0.2) is 0 Å². The summed E-state index contributed by atoms with van der Waals surface area (Å²) in [6.07, 6.45) is 4.85. The van der Waals surface area contributed by atoms with Gasteiger partial charge in [0.15, 0.2) is 0 Å². The molecule has 0 bridgehead atoms. The Morgan fingerprint density at radius 3 is 2.85 bits per heavy atom. The summed E-state index contributed by atoms with van der Waals surface area (Å²) in [4.78, 5) is 0. The summed E-state index contributed by atoms with van der Waals surface area (Å²) in [6.45, 7) is 3.09. The van der Waals surface area contributed by atoms with Crippen molar-refractivity contribution in [2.45, 2.75) is 50.3 Å². The minimum Gasteiger partial charge on any atom is -0.373 e. The van der Waals surface area contributed by atoms with E-state index in [1.807, 2.05) is 0 Å². The maximum absolute atomic E-state index is 6.37. The normalized spacial score (nSPS) is 50.5. The summed E-state index contributed by atoms with van der Waals surface area (Å²) in [5, 5.41) is 0. The van der Waals surface area contributed by atoms with E-state index in [9.17, 15) is 0 Å². The van der Waals surface area contributed by atoms with Gasteiger partial charge in [-0.2, -0.15) is 0 Å². The van der Waals surface area contributed by atoms with Gasteiger partial charge in [-0.05, 0) is 25.2 Å². The average molecular weight is 184 g/mol. The van der Waals surface area contributed by atoms with Gasteiger partial charge >= 0.3 is 0 Å². The third-order valence-corrected chi connectivity index (χ3v) is 3.74. The lowest BCUT2D eigenvalue weighted by molar-refractivity contribution is 0.154. The SMILES string of the molecule is CC1C(N)CCCC1(N)CC1CO1. The zero-order valence-electron chi connectivity index (χ0n) is 8.33. The van der Waals surface area contributed by atoms with Crippen molar-refractivity contribution in [2.24, 2.45) is 17.4 Å². The van der Waals surface area contributed by atoms with Crippen LogP contribution in [0.2, 0.25) is 0 Å². The maximum atomic E-state index is 6.37. The first-order chi connectivity index (χ1) is 6.12. The van der Waals surface area contributed by atoms with Crippen LogP contribution in [0.1, 0.15) is 32.6 Å². The van der Waals surface area contributed by atoms with Crippen LogP contribution in [-0.4, -0.2) is 24.3 Å². The highest BCUT2D eigenvalue weighted by atomic mass is 16.6. The second-order valence-electron chi connectivity index (χ2n) is 4.74. The Bertz CT molecular complexity index is 193. The predicted molar refractivity (Wildman–Crippen MR) is 52.3 cm³/mol. The van der Waals surface area contributed by atoms with E-state index in [4.69, 9.17) is 16.2 Å². The van der Waals surface area contributed by atoms with E-state index in [1.165, 1.54) is 6.42 Å². The van der Waals surface area contributed by atoms with Gasteiger partial charge in [0.1, 0.15) is 0 Å². The van der Waals surface area contributed by atoms with Crippen LogP contribution >= 0.6 is 0 Å². The molecule has 2 aliphatic rings. The van der Waals surface area contributed by atoms with Gasteiger partial charge in [-0.25, -0.2) is 0 Å². The third-order valence-electron chi connectivity index (χ3n) is 3.74. The Labute approximate surface area is 79.8 Å². The minimum absolute atomic E-state index is 0.0567. The molecular weight excluding hydrogens is 164 g/mol. The molecule has 2 rings (SSSR count). The molecule has 4 unspecified atom stereocenters. The van der Waals surface area contributed by atoms with E-state index in [0.717, 1.165) is 25.9 Å². The zero-order valence-corrected chi connectivity index (χ0v) is 8.33. The number of rotatable bonds is 2. The van der Waals surface area contributed by atoms with Crippen molar-refractivity contribution in [3.05, 3.63) is 0 Å². The first-order valence-electron chi connectivity index (χ1n) is 5.28. The average Bonchev–Trinajstić information content (AvgIpc) is 2.84. The molecule has 1 heterocycles. The predicted octanol–water partition coefficient (Wildman–Crippen LogP) is 0.620. The van der Waals surface area contributed by atoms with Crippen LogP contribution in [-0.2, 0) is 4.74 Å². The molecule has 76 valence electrons. The van der Waals surface area contributed by atoms with Crippen molar-refractivity contribution in [1.82, 2.24) is 0 Å². The molecule has 4 N–H and O–H groups in total. The number of nitrogens with two attached hydrogens (primary N) is 2. The Kier molecular flexibility index (Phi) is 2.34. The maximum Gasteiger partial charge on any atom is 0.0827 e. The molecule has 3 heteroatoms. The van der Waals surface area contributed by atoms with Crippen LogP contribution in [0, 0.1) is 5.92 Å². The molecular formula is C10H20N2O. The molecule has 0 aromatic rings. The van der Waals surface area contributed by atoms with E-state index in [1.54, 1.807) is 0 Å². The Balaban J connectivity index is 1.99. The first-order valence-corrected chi connectivity index (χ1v) is 5.28. The van der Waals surface area contributed by atoms with E-state index >= 15 is 0 Å². The van der Waals surface area contributed by atoms with Crippen molar-refractivity contribution < 1.29 is 4.74 Å². The van der Waals surface area contributed by atoms with E-state index in [0.29, 0.717) is 12.0 Å². The second kappa shape index (κ2) is 3.23. The molecule has 1 aliphatic heterocycles. The lowest BCUT2D eigenvalue weighted by Crippen LogP contribution is -2.56. The van der Waals surface area contributed by atoms with Gasteiger partial charge in [-0.1, -0.05) is 13.3 Å². The Hall–Kier alpha value is -0.120. The quantitative estimate of drug-likeness (QED) is 0.618. The summed E-state index contributed by atoms with van der Waals surface area (Å²) in [6, 6.07) is 0.289. The summed E-state index contributed by atoms with van der Waals surface area (Å²) < 4.78 is 5.24. The van der Waals surface area contributed by atoms with Crippen molar-refractivity contribution in [3.8, 4) is 0 Å². The molecule has 0 radical (unpaired) electrons. The molecule has 0 aromatic carbocycles. The van der Waals surface area contributed by atoms with Crippen LogP contribution in [0.25, 0.3) is 0 Å². The van der Waals surface area contributed by atoms with Crippen LogP contribution in [0.4, 0.5) is 0 Å². The van der Waals surface area contributed by atoms with Crippen LogP contribution < -0.4 is 11.5 Å².